The molecule has 0 saturated heterocycles. The van der Waals surface area contributed by atoms with Crippen LogP contribution in [-0.4, -0.2) is 50.0 Å². The molecule has 11 heteroatoms. The van der Waals surface area contributed by atoms with E-state index in [1.165, 1.54) is 23.0 Å². The van der Waals surface area contributed by atoms with Crippen LogP contribution in [0.15, 0.2) is 63.5 Å². The predicted octanol–water partition coefficient (Wildman–Crippen LogP) is 3.54. The first-order valence-electron chi connectivity index (χ1n) is 13.7. The lowest BCUT2D eigenvalue weighted by molar-refractivity contribution is -0.145. The highest BCUT2D eigenvalue weighted by Crippen LogP contribution is 2.36. The molecule has 3 aromatic rings. The summed E-state index contributed by atoms with van der Waals surface area (Å²) in [5, 5.41) is 0. The van der Waals surface area contributed by atoms with Crippen molar-refractivity contribution in [1.29, 1.82) is 0 Å². The number of allylic oxidation sites excluding steroid dienone is 1. The zero-order chi connectivity index (χ0) is 30.2. The fourth-order valence-corrected chi connectivity index (χ4v) is 5.57. The summed E-state index contributed by atoms with van der Waals surface area (Å²) in [6, 6.07) is 11.7. The van der Waals surface area contributed by atoms with Crippen molar-refractivity contribution in [3.63, 3.8) is 0 Å². The summed E-state index contributed by atoms with van der Waals surface area (Å²) >= 11 is 1.21. The molecule has 1 unspecified atom stereocenters. The number of hydrogen-bond donors (Lipinski definition) is 0. The zero-order valence-electron chi connectivity index (χ0n) is 24.3. The van der Waals surface area contributed by atoms with E-state index in [0.29, 0.717) is 50.0 Å². The van der Waals surface area contributed by atoms with Gasteiger partial charge in [0.2, 0.25) is 0 Å². The van der Waals surface area contributed by atoms with Crippen molar-refractivity contribution in [3.8, 4) is 17.2 Å². The first-order valence-corrected chi connectivity index (χ1v) is 14.5. The van der Waals surface area contributed by atoms with Gasteiger partial charge in [-0.25, -0.2) is 14.6 Å². The molecule has 2 heterocycles. The van der Waals surface area contributed by atoms with Crippen LogP contribution in [0.4, 0.5) is 0 Å². The number of fused-ring (bicyclic) bond motifs is 1. The van der Waals surface area contributed by atoms with E-state index >= 15 is 0 Å². The second kappa shape index (κ2) is 14.0. The van der Waals surface area contributed by atoms with Gasteiger partial charge < -0.3 is 23.7 Å². The molecule has 1 aliphatic rings. The Morgan fingerprint density at radius 3 is 2.48 bits per heavy atom. The van der Waals surface area contributed by atoms with Crippen molar-refractivity contribution in [2.75, 3.05) is 33.5 Å². The van der Waals surface area contributed by atoms with E-state index in [1.54, 1.807) is 45.0 Å². The van der Waals surface area contributed by atoms with Gasteiger partial charge in [0.15, 0.2) is 22.9 Å². The molecule has 10 nitrogen and oxygen atoms in total. The molecule has 0 amide bonds. The van der Waals surface area contributed by atoms with Crippen molar-refractivity contribution >= 4 is 29.4 Å². The standard InChI is InChI=1S/C31H34N2O8S/c1-6-15-40-22-12-10-9-11-21(22)28-27(30(36)39-8-3)19(4)32-31-33(28)29(35)25(42-31)17-20-13-14-23(24(16-20)37-5)41-18-26(34)38-7-2/h9-14,16-17,28H,6-8,15,18H2,1-5H3/b25-17-. The van der Waals surface area contributed by atoms with Crippen LogP contribution in [0.3, 0.4) is 0 Å². The van der Waals surface area contributed by atoms with E-state index in [2.05, 4.69) is 4.99 Å². The van der Waals surface area contributed by atoms with Gasteiger partial charge in [0.25, 0.3) is 5.56 Å². The molecule has 0 aliphatic carbocycles. The van der Waals surface area contributed by atoms with Crippen LogP contribution in [0.2, 0.25) is 0 Å². The predicted molar refractivity (Wildman–Crippen MR) is 158 cm³/mol. The van der Waals surface area contributed by atoms with Crippen molar-refractivity contribution < 1.29 is 33.3 Å². The lowest BCUT2D eigenvalue weighted by atomic mass is 9.95. The summed E-state index contributed by atoms with van der Waals surface area (Å²) in [5.41, 5.74) is 1.78. The number of benzene rings is 2. The molecule has 1 aromatic heterocycles. The van der Waals surface area contributed by atoms with E-state index in [1.807, 2.05) is 31.2 Å². The third kappa shape index (κ3) is 6.57. The average molecular weight is 595 g/mol. The highest BCUT2D eigenvalue weighted by Gasteiger charge is 2.35. The van der Waals surface area contributed by atoms with Crippen LogP contribution in [0.25, 0.3) is 6.08 Å². The van der Waals surface area contributed by atoms with Crippen molar-refractivity contribution in [3.05, 3.63) is 84.5 Å². The monoisotopic (exact) mass is 594 g/mol. The SMILES string of the molecule is CCCOc1ccccc1C1C(C(=O)OCC)=C(C)N=c2s/c(=C\c3ccc(OCC(=O)OCC)c(OC)c3)c(=O)n21. The molecule has 222 valence electrons. The summed E-state index contributed by atoms with van der Waals surface area (Å²) in [6.07, 6.45) is 2.52. The van der Waals surface area contributed by atoms with Crippen molar-refractivity contribution in [2.45, 2.75) is 40.2 Å². The van der Waals surface area contributed by atoms with Gasteiger partial charge in [0.1, 0.15) is 11.8 Å². The van der Waals surface area contributed by atoms with Gasteiger partial charge in [0.05, 0.1) is 42.7 Å². The number of nitrogens with zero attached hydrogens (tertiary/aromatic N) is 2. The Morgan fingerprint density at radius 1 is 1.00 bits per heavy atom. The third-order valence-electron chi connectivity index (χ3n) is 6.33. The molecule has 0 saturated carbocycles. The maximum atomic E-state index is 14.0. The number of hydrogen-bond acceptors (Lipinski definition) is 10. The number of methoxy groups -OCH3 is 1. The normalized spacial score (nSPS) is 14.6. The fraction of sp³-hybridized carbons (Fsp3) is 0.355. The molecule has 1 aliphatic heterocycles. The number of carbonyl (C=O) groups is 2. The molecule has 4 rings (SSSR count). The van der Waals surface area contributed by atoms with Gasteiger partial charge in [-0.3, -0.25) is 9.36 Å². The topological polar surface area (TPSA) is 115 Å². The van der Waals surface area contributed by atoms with E-state index in [0.717, 1.165) is 6.42 Å². The summed E-state index contributed by atoms with van der Waals surface area (Å²) < 4.78 is 29.3. The average Bonchev–Trinajstić information content (AvgIpc) is 3.28. The number of para-hydroxylation sites is 1. The first-order chi connectivity index (χ1) is 20.3. The number of esters is 2. The first kappa shape index (κ1) is 30.6. The molecule has 0 fully saturated rings. The van der Waals surface area contributed by atoms with Gasteiger partial charge >= 0.3 is 11.9 Å². The van der Waals surface area contributed by atoms with E-state index < -0.39 is 18.0 Å². The Bertz CT molecular complexity index is 1670. The Hall–Kier alpha value is -4.38. The fourth-order valence-electron chi connectivity index (χ4n) is 4.52. The minimum absolute atomic E-state index is 0.183. The maximum Gasteiger partial charge on any atom is 0.344 e. The van der Waals surface area contributed by atoms with Crippen LogP contribution in [0.5, 0.6) is 17.2 Å². The highest BCUT2D eigenvalue weighted by molar-refractivity contribution is 7.07. The highest BCUT2D eigenvalue weighted by atomic mass is 32.1. The molecular formula is C31H34N2O8S. The maximum absolute atomic E-state index is 14.0. The number of ether oxygens (including phenoxy) is 5. The van der Waals surface area contributed by atoms with E-state index in [4.69, 9.17) is 23.7 Å². The Kier molecular flexibility index (Phi) is 10.2. The van der Waals surface area contributed by atoms with Crippen LogP contribution in [0, 0.1) is 0 Å². The van der Waals surface area contributed by atoms with Gasteiger partial charge in [-0.15, -0.1) is 0 Å². The molecular weight excluding hydrogens is 560 g/mol. The minimum Gasteiger partial charge on any atom is -0.493 e. The quantitative estimate of drug-likeness (QED) is 0.293. The van der Waals surface area contributed by atoms with Crippen molar-refractivity contribution in [2.24, 2.45) is 4.99 Å². The van der Waals surface area contributed by atoms with Gasteiger partial charge in [-0.05, 0) is 57.0 Å². The molecule has 42 heavy (non-hydrogen) atoms. The van der Waals surface area contributed by atoms with E-state index in [9.17, 15) is 14.4 Å². The third-order valence-corrected chi connectivity index (χ3v) is 7.31. The molecule has 0 N–H and O–H groups in total. The Balaban J connectivity index is 1.82. The summed E-state index contributed by atoms with van der Waals surface area (Å²) in [5.74, 6) is 0.312. The lowest BCUT2D eigenvalue weighted by Crippen LogP contribution is -2.40. The second-order valence-corrected chi connectivity index (χ2v) is 10.2. The number of aromatic nitrogens is 1. The molecule has 0 radical (unpaired) electrons. The molecule has 0 bridgehead atoms. The van der Waals surface area contributed by atoms with Gasteiger partial charge in [-0.2, -0.15) is 0 Å². The molecule has 0 spiro atoms. The van der Waals surface area contributed by atoms with Crippen LogP contribution >= 0.6 is 11.3 Å². The number of thiazole rings is 1. The minimum atomic E-state index is -0.788. The van der Waals surface area contributed by atoms with Crippen LogP contribution in [-0.2, 0) is 19.1 Å². The zero-order valence-corrected chi connectivity index (χ0v) is 25.1. The summed E-state index contributed by atoms with van der Waals surface area (Å²) in [4.78, 5) is 44.0. The van der Waals surface area contributed by atoms with Gasteiger partial charge in [0, 0.05) is 5.56 Å². The smallest absolute Gasteiger partial charge is 0.344 e. The van der Waals surface area contributed by atoms with Crippen molar-refractivity contribution in [1.82, 2.24) is 4.57 Å². The summed E-state index contributed by atoms with van der Waals surface area (Å²) in [7, 11) is 1.49. The molecule has 1 atom stereocenters. The lowest BCUT2D eigenvalue weighted by Gasteiger charge is -2.26. The Morgan fingerprint density at radius 2 is 1.76 bits per heavy atom. The van der Waals surface area contributed by atoms with E-state index in [-0.39, 0.29) is 31.0 Å². The Labute approximate surface area is 247 Å². The summed E-state index contributed by atoms with van der Waals surface area (Å²) in [6.45, 7) is 7.87. The van der Waals surface area contributed by atoms with Crippen LogP contribution in [0.1, 0.15) is 51.3 Å². The van der Waals surface area contributed by atoms with Crippen LogP contribution < -0.4 is 29.1 Å². The second-order valence-electron chi connectivity index (χ2n) is 9.19. The molecule has 2 aromatic carbocycles. The van der Waals surface area contributed by atoms with Gasteiger partial charge in [-0.1, -0.05) is 42.5 Å². The largest absolute Gasteiger partial charge is 0.493 e. The number of rotatable bonds is 12. The number of carbonyl (C=O) groups excluding carboxylic acids is 2.